The van der Waals surface area contributed by atoms with Crippen molar-refractivity contribution >= 4 is 11.8 Å². The van der Waals surface area contributed by atoms with Crippen LogP contribution in [0.1, 0.15) is 23.3 Å². The van der Waals surface area contributed by atoms with Crippen molar-refractivity contribution in [2.45, 2.75) is 25.1 Å². The van der Waals surface area contributed by atoms with E-state index in [4.69, 9.17) is 4.74 Å². The summed E-state index contributed by atoms with van der Waals surface area (Å²) < 4.78 is 43.0. The third-order valence-electron chi connectivity index (χ3n) is 5.07. The number of piperazine rings is 1. The zero-order valence-electron chi connectivity index (χ0n) is 15.6. The molecular formula is C18H23F3N4O3. The molecule has 2 aliphatic rings. The summed E-state index contributed by atoms with van der Waals surface area (Å²) >= 11 is 0. The van der Waals surface area contributed by atoms with E-state index in [9.17, 15) is 22.8 Å². The lowest BCUT2D eigenvalue weighted by atomic mass is 10.0. The van der Waals surface area contributed by atoms with Gasteiger partial charge in [-0.1, -0.05) is 6.07 Å². The fourth-order valence-electron chi connectivity index (χ4n) is 3.68. The molecule has 7 nitrogen and oxygen atoms in total. The van der Waals surface area contributed by atoms with E-state index in [-0.39, 0.29) is 18.1 Å². The van der Waals surface area contributed by atoms with Gasteiger partial charge in [0.05, 0.1) is 13.2 Å². The van der Waals surface area contributed by atoms with E-state index < -0.39 is 24.7 Å². The van der Waals surface area contributed by atoms with Gasteiger partial charge >= 0.3 is 6.18 Å². The number of aromatic nitrogens is 1. The van der Waals surface area contributed by atoms with Crippen molar-refractivity contribution in [3.63, 3.8) is 0 Å². The fraction of sp³-hybridized carbons (Fsp3) is 0.611. The van der Waals surface area contributed by atoms with Gasteiger partial charge < -0.3 is 14.5 Å². The highest BCUT2D eigenvalue weighted by atomic mass is 19.4. The molecule has 1 aromatic heterocycles. The molecule has 3 rings (SSSR count). The lowest BCUT2D eigenvalue weighted by Gasteiger charge is -2.42. The van der Waals surface area contributed by atoms with Crippen LogP contribution in [-0.4, -0.2) is 90.1 Å². The summed E-state index contributed by atoms with van der Waals surface area (Å²) in [5.74, 6) is -0.355. The molecule has 0 saturated carbocycles. The molecule has 0 bridgehead atoms. The molecule has 2 fully saturated rings. The average Bonchev–Trinajstić information content (AvgIpc) is 2.68. The number of pyridine rings is 1. The minimum atomic E-state index is -4.40. The normalized spacial score (nSPS) is 21.7. The van der Waals surface area contributed by atoms with Gasteiger partial charge in [-0.25, -0.2) is 4.98 Å². The van der Waals surface area contributed by atoms with Crippen molar-refractivity contribution in [2.24, 2.45) is 0 Å². The summed E-state index contributed by atoms with van der Waals surface area (Å²) in [4.78, 5) is 33.7. The molecule has 0 aromatic carbocycles. The lowest BCUT2D eigenvalue weighted by Crippen LogP contribution is -2.59. The molecule has 1 aromatic rings. The van der Waals surface area contributed by atoms with Gasteiger partial charge in [0.2, 0.25) is 11.8 Å². The number of rotatable bonds is 4. The second kappa shape index (κ2) is 8.34. The highest BCUT2D eigenvalue weighted by Crippen LogP contribution is 2.24. The molecule has 0 unspecified atom stereocenters. The topological polar surface area (TPSA) is 66.0 Å². The molecule has 0 N–H and O–H groups in total. The second-order valence-electron chi connectivity index (χ2n) is 6.93. The van der Waals surface area contributed by atoms with Gasteiger partial charge in [0.25, 0.3) is 5.91 Å². The third-order valence-corrected chi connectivity index (χ3v) is 5.07. The number of nitrogens with zero attached hydrogens (tertiary/aromatic N) is 4. The first kappa shape index (κ1) is 20.4. The van der Waals surface area contributed by atoms with Crippen LogP contribution in [0.25, 0.3) is 0 Å². The number of amides is 2. The van der Waals surface area contributed by atoms with Crippen LogP contribution in [0, 0.1) is 0 Å². The Kier molecular flexibility index (Phi) is 6.07. The summed E-state index contributed by atoms with van der Waals surface area (Å²) in [6.07, 6.45) is -3.32. The van der Waals surface area contributed by atoms with Gasteiger partial charge in [-0.05, 0) is 18.9 Å². The summed E-state index contributed by atoms with van der Waals surface area (Å²) in [6.45, 7) is 0.580. The smallest absolute Gasteiger partial charge is 0.406 e. The first-order valence-corrected chi connectivity index (χ1v) is 9.18. The van der Waals surface area contributed by atoms with Crippen LogP contribution >= 0.6 is 0 Å². The van der Waals surface area contributed by atoms with E-state index in [0.29, 0.717) is 44.9 Å². The Balaban J connectivity index is 1.58. The number of ether oxygens (including phenoxy) is 1. The first-order valence-electron chi connectivity index (χ1n) is 9.18. The van der Waals surface area contributed by atoms with Crippen molar-refractivity contribution in [1.29, 1.82) is 0 Å². The maximum Gasteiger partial charge on any atom is 0.406 e. The van der Waals surface area contributed by atoms with Gasteiger partial charge in [0, 0.05) is 38.8 Å². The van der Waals surface area contributed by atoms with Crippen molar-refractivity contribution in [1.82, 2.24) is 19.7 Å². The van der Waals surface area contributed by atoms with Crippen LogP contribution in [0.2, 0.25) is 0 Å². The number of carbonyl (C=O) groups is 2. The number of carbonyl (C=O) groups excluding carboxylic acids is 2. The number of alkyl halides is 3. The maximum atomic E-state index is 12.7. The molecule has 1 atom stereocenters. The molecular weight excluding hydrogens is 377 g/mol. The van der Waals surface area contributed by atoms with Gasteiger partial charge in [-0.2, -0.15) is 13.2 Å². The molecule has 3 heterocycles. The van der Waals surface area contributed by atoms with E-state index >= 15 is 0 Å². The number of hydrogen-bond acceptors (Lipinski definition) is 5. The van der Waals surface area contributed by atoms with Gasteiger partial charge in [0.15, 0.2) is 0 Å². The SMILES string of the molecule is COc1cccc(C(=O)N2CCN([C@H]3CCCN(CC(F)(F)F)C3=O)CC2)n1. The quantitative estimate of drug-likeness (QED) is 0.765. The highest BCUT2D eigenvalue weighted by Gasteiger charge is 2.40. The van der Waals surface area contributed by atoms with E-state index in [1.165, 1.54) is 7.11 Å². The zero-order valence-corrected chi connectivity index (χ0v) is 15.6. The predicted octanol–water partition coefficient (Wildman–Crippen LogP) is 1.40. The minimum Gasteiger partial charge on any atom is -0.481 e. The number of piperidine rings is 1. The summed E-state index contributed by atoms with van der Waals surface area (Å²) in [5.41, 5.74) is 0.276. The standard InChI is InChI=1S/C18H23F3N4O3/c1-28-15-6-2-4-13(22-15)16(26)24-10-8-23(9-11-24)14-5-3-7-25(17(14)27)12-18(19,20)21/h2,4,6,14H,3,5,7-12H2,1H3/t14-/m0/s1. The third kappa shape index (κ3) is 4.73. The number of methoxy groups -OCH3 is 1. The van der Waals surface area contributed by atoms with Gasteiger partial charge in [0.1, 0.15) is 12.2 Å². The number of halogens is 3. The van der Waals surface area contributed by atoms with Crippen molar-refractivity contribution < 1.29 is 27.5 Å². The highest BCUT2D eigenvalue weighted by molar-refractivity contribution is 5.92. The van der Waals surface area contributed by atoms with E-state index in [1.807, 2.05) is 4.90 Å². The Morgan fingerprint density at radius 3 is 2.57 bits per heavy atom. The van der Waals surface area contributed by atoms with Crippen LogP contribution < -0.4 is 4.74 Å². The first-order chi connectivity index (χ1) is 13.3. The van der Waals surface area contributed by atoms with Gasteiger partial charge in [-0.15, -0.1) is 0 Å². The molecule has 0 spiro atoms. The Hall–Kier alpha value is -2.36. The predicted molar refractivity (Wildman–Crippen MR) is 93.9 cm³/mol. The summed E-state index contributed by atoms with van der Waals surface area (Å²) in [7, 11) is 1.47. The molecule has 2 aliphatic heterocycles. The van der Waals surface area contributed by atoms with Crippen LogP contribution in [0.15, 0.2) is 18.2 Å². The van der Waals surface area contributed by atoms with Crippen LogP contribution in [0.5, 0.6) is 5.88 Å². The lowest BCUT2D eigenvalue weighted by molar-refractivity contribution is -0.168. The van der Waals surface area contributed by atoms with E-state index in [0.717, 1.165) is 4.90 Å². The van der Waals surface area contributed by atoms with Gasteiger partial charge in [-0.3, -0.25) is 14.5 Å². The Bertz CT molecular complexity index is 720. The molecule has 2 saturated heterocycles. The minimum absolute atomic E-state index is 0.134. The van der Waals surface area contributed by atoms with Crippen molar-refractivity contribution in [3.05, 3.63) is 23.9 Å². The molecule has 0 radical (unpaired) electrons. The molecule has 0 aliphatic carbocycles. The molecule has 10 heteroatoms. The fourth-order valence-corrected chi connectivity index (χ4v) is 3.68. The summed E-state index contributed by atoms with van der Waals surface area (Å²) in [5, 5.41) is 0. The molecule has 154 valence electrons. The largest absolute Gasteiger partial charge is 0.481 e. The Labute approximate surface area is 161 Å². The molecule has 2 amide bonds. The van der Waals surface area contributed by atoms with Crippen molar-refractivity contribution in [3.8, 4) is 5.88 Å². The summed E-state index contributed by atoms with van der Waals surface area (Å²) in [6, 6.07) is 4.39. The van der Waals surface area contributed by atoms with Crippen LogP contribution in [-0.2, 0) is 4.79 Å². The number of likely N-dealkylation sites (tertiary alicyclic amines) is 1. The van der Waals surface area contributed by atoms with E-state index in [2.05, 4.69) is 4.98 Å². The maximum absolute atomic E-state index is 12.7. The molecule has 28 heavy (non-hydrogen) atoms. The Morgan fingerprint density at radius 1 is 1.21 bits per heavy atom. The Morgan fingerprint density at radius 2 is 1.93 bits per heavy atom. The number of hydrogen-bond donors (Lipinski definition) is 0. The van der Waals surface area contributed by atoms with Crippen LogP contribution in [0.3, 0.4) is 0 Å². The zero-order chi connectivity index (χ0) is 20.3. The van der Waals surface area contributed by atoms with E-state index in [1.54, 1.807) is 23.1 Å². The monoisotopic (exact) mass is 400 g/mol. The second-order valence-corrected chi connectivity index (χ2v) is 6.93. The average molecular weight is 400 g/mol. The van der Waals surface area contributed by atoms with Crippen molar-refractivity contribution in [2.75, 3.05) is 46.4 Å². The van der Waals surface area contributed by atoms with Crippen LogP contribution in [0.4, 0.5) is 13.2 Å².